The van der Waals surface area contributed by atoms with Gasteiger partial charge in [-0.25, -0.2) is 10.1 Å². The summed E-state index contributed by atoms with van der Waals surface area (Å²) in [5.74, 6) is -1.77. The zero-order valence-electron chi connectivity index (χ0n) is 18.0. The first kappa shape index (κ1) is 23.4. The van der Waals surface area contributed by atoms with Gasteiger partial charge in [0, 0.05) is 32.5 Å². The maximum atomic E-state index is 12.2. The predicted molar refractivity (Wildman–Crippen MR) is 137 cm³/mol. The van der Waals surface area contributed by atoms with Gasteiger partial charge in [-0.05, 0) is 48.9 Å². The molecule has 0 saturated heterocycles. The van der Waals surface area contributed by atoms with Crippen molar-refractivity contribution in [1.82, 2.24) is 15.2 Å². The third kappa shape index (κ3) is 5.59. The van der Waals surface area contributed by atoms with Crippen LogP contribution in [0.4, 0.5) is 5.69 Å². The number of nitrogens with one attached hydrogen (secondary N) is 2. The lowest BCUT2D eigenvalue weighted by Crippen LogP contribution is -2.32. The topological polar surface area (TPSA) is 88.4 Å². The predicted octanol–water partition coefficient (Wildman–Crippen LogP) is 5.35. The number of hydrogen-bond donors (Lipinski definition) is 2. The standard InChI is InChI=1S/C25H19BrClN5O2/c1-16-7-12-20(13-22(16)27)29-24(33)25(34)30-28-14-18-15-32(21-5-3-2-4-6-21)31-23(18)17-8-10-19(26)11-9-17/h2-15H,1H3,(H,29,33)(H,30,34)/b28-14+. The first-order valence-electron chi connectivity index (χ1n) is 10.2. The van der Waals surface area contributed by atoms with Gasteiger partial charge in [0.1, 0.15) is 5.69 Å². The Kier molecular flexibility index (Phi) is 7.20. The Morgan fingerprint density at radius 2 is 1.76 bits per heavy atom. The van der Waals surface area contributed by atoms with Crippen LogP contribution >= 0.6 is 27.5 Å². The molecule has 7 nitrogen and oxygen atoms in total. The molecule has 9 heteroatoms. The minimum Gasteiger partial charge on any atom is -0.318 e. The van der Waals surface area contributed by atoms with Crippen molar-refractivity contribution in [2.45, 2.75) is 6.92 Å². The summed E-state index contributed by atoms with van der Waals surface area (Å²) < 4.78 is 2.68. The second kappa shape index (κ2) is 10.5. The Labute approximate surface area is 209 Å². The first-order chi connectivity index (χ1) is 16.4. The van der Waals surface area contributed by atoms with Crippen LogP contribution in [-0.4, -0.2) is 27.8 Å². The number of halogens is 2. The third-order valence-electron chi connectivity index (χ3n) is 4.89. The van der Waals surface area contributed by atoms with Gasteiger partial charge in [0.15, 0.2) is 0 Å². The summed E-state index contributed by atoms with van der Waals surface area (Å²) in [5.41, 5.74) is 6.63. The van der Waals surface area contributed by atoms with Gasteiger partial charge in [0.25, 0.3) is 0 Å². The summed E-state index contributed by atoms with van der Waals surface area (Å²) in [6.07, 6.45) is 3.26. The molecule has 34 heavy (non-hydrogen) atoms. The van der Waals surface area contributed by atoms with Gasteiger partial charge in [0.05, 0.1) is 11.9 Å². The molecular weight excluding hydrogens is 518 g/mol. The minimum atomic E-state index is -0.909. The summed E-state index contributed by atoms with van der Waals surface area (Å²) in [4.78, 5) is 24.4. The van der Waals surface area contributed by atoms with Crippen molar-refractivity contribution in [3.8, 4) is 16.9 Å². The van der Waals surface area contributed by atoms with Crippen LogP contribution < -0.4 is 10.7 Å². The van der Waals surface area contributed by atoms with E-state index in [1.165, 1.54) is 6.21 Å². The normalized spacial score (nSPS) is 10.9. The molecule has 4 rings (SSSR count). The highest BCUT2D eigenvalue weighted by Crippen LogP contribution is 2.24. The molecule has 4 aromatic rings. The van der Waals surface area contributed by atoms with Gasteiger partial charge in [-0.2, -0.15) is 10.2 Å². The maximum absolute atomic E-state index is 12.2. The number of benzene rings is 3. The molecule has 2 amide bonds. The minimum absolute atomic E-state index is 0.418. The lowest BCUT2D eigenvalue weighted by atomic mass is 10.1. The average Bonchev–Trinajstić information content (AvgIpc) is 3.26. The van der Waals surface area contributed by atoms with Gasteiger partial charge in [-0.3, -0.25) is 9.59 Å². The molecule has 170 valence electrons. The molecule has 0 unspecified atom stereocenters. The highest BCUT2D eigenvalue weighted by molar-refractivity contribution is 9.10. The van der Waals surface area contributed by atoms with Crippen LogP contribution in [0.25, 0.3) is 16.9 Å². The van der Waals surface area contributed by atoms with E-state index in [4.69, 9.17) is 16.7 Å². The molecule has 0 bridgehead atoms. The van der Waals surface area contributed by atoms with Crippen molar-refractivity contribution in [3.63, 3.8) is 0 Å². The van der Waals surface area contributed by atoms with Gasteiger partial charge in [-0.1, -0.05) is 63.9 Å². The van der Waals surface area contributed by atoms with E-state index in [-0.39, 0.29) is 0 Å². The van der Waals surface area contributed by atoms with Crippen LogP contribution in [0.5, 0.6) is 0 Å². The highest BCUT2D eigenvalue weighted by atomic mass is 79.9. The molecule has 1 heterocycles. The summed E-state index contributed by atoms with van der Waals surface area (Å²) >= 11 is 9.50. The molecule has 0 atom stereocenters. The number of hydrogen-bond acceptors (Lipinski definition) is 4. The number of hydrazone groups is 1. The highest BCUT2D eigenvalue weighted by Gasteiger charge is 2.15. The van der Waals surface area contributed by atoms with Crippen LogP contribution in [0.15, 0.2) is 88.6 Å². The van der Waals surface area contributed by atoms with E-state index >= 15 is 0 Å². The number of amides is 2. The monoisotopic (exact) mass is 535 g/mol. The number of aromatic nitrogens is 2. The van der Waals surface area contributed by atoms with Crippen LogP contribution in [0.3, 0.4) is 0 Å². The zero-order chi connectivity index (χ0) is 24.1. The maximum Gasteiger partial charge on any atom is 0.329 e. The van der Waals surface area contributed by atoms with E-state index in [1.807, 2.05) is 61.5 Å². The van der Waals surface area contributed by atoms with Crippen molar-refractivity contribution in [2.24, 2.45) is 5.10 Å². The summed E-state index contributed by atoms with van der Waals surface area (Å²) in [7, 11) is 0. The molecule has 0 radical (unpaired) electrons. The quantitative estimate of drug-likeness (QED) is 0.205. The number of nitrogens with zero attached hydrogens (tertiary/aromatic N) is 3. The summed E-state index contributed by atoms with van der Waals surface area (Å²) in [6.45, 7) is 1.85. The lowest BCUT2D eigenvalue weighted by Gasteiger charge is -2.05. The lowest BCUT2D eigenvalue weighted by molar-refractivity contribution is -0.136. The number of rotatable bonds is 5. The van der Waals surface area contributed by atoms with E-state index in [0.717, 1.165) is 21.3 Å². The molecule has 0 spiro atoms. The van der Waals surface area contributed by atoms with Gasteiger partial charge in [-0.15, -0.1) is 0 Å². The molecule has 0 aliphatic carbocycles. The Morgan fingerprint density at radius 1 is 1.03 bits per heavy atom. The third-order valence-corrected chi connectivity index (χ3v) is 5.82. The van der Waals surface area contributed by atoms with E-state index in [9.17, 15) is 9.59 Å². The molecule has 0 fully saturated rings. The van der Waals surface area contributed by atoms with Crippen molar-refractivity contribution < 1.29 is 9.59 Å². The summed E-state index contributed by atoms with van der Waals surface area (Å²) in [6, 6.07) is 22.3. The fourth-order valence-electron chi connectivity index (χ4n) is 3.10. The Hall–Kier alpha value is -3.75. The van der Waals surface area contributed by atoms with Crippen molar-refractivity contribution in [3.05, 3.63) is 99.6 Å². The number of carbonyl (C=O) groups excluding carboxylic acids is 2. The summed E-state index contributed by atoms with van der Waals surface area (Å²) in [5, 5.41) is 11.7. The van der Waals surface area contributed by atoms with Crippen LogP contribution in [0.2, 0.25) is 5.02 Å². The number of carbonyl (C=O) groups is 2. The smallest absolute Gasteiger partial charge is 0.318 e. The average molecular weight is 537 g/mol. The SMILES string of the molecule is Cc1ccc(NC(=O)C(=O)N/N=C/c2cn(-c3ccccc3)nc2-c2ccc(Br)cc2)cc1Cl. The number of aryl methyl sites for hydroxylation is 1. The molecule has 2 N–H and O–H groups in total. The van der Waals surface area contributed by atoms with Crippen molar-refractivity contribution in [2.75, 3.05) is 5.32 Å². The fraction of sp³-hybridized carbons (Fsp3) is 0.0400. The molecule has 1 aromatic heterocycles. The Morgan fingerprint density at radius 3 is 2.47 bits per heavy atom. The van der Waals surface area contributed by atoms with Crippen LogP contribution in [0, 0.1) is 6.92 Å². The van der Waals surface area contributed by atoms with E-state index in [1.54, 1.807) is 29.1 Å². The zero-order valence-corrected chi connectivity index (χ0v) is 20.3. The van der Waals surface area contributed by atoms with Gasteiger partial charge >= 0.3 is 11.8 Å². The van der Waals surface area contributed by atoms with Crippen LogP contribution in [0.1, 0.15) is 11.1 Å². The largest absolute Gasteiger partial charge is 0.329 e. The van der Waals surface area contributed by atoms with E-state index < -0.39 is 11.8 Å². The second-order valence-electron chi connectivity index (χ2n) is 7.34. The molecule has 0 aliphatic heterocycles. The van der Waals surface area contributed by atoms with Gasteiger partial charge < -0.3 is 5.32 Å². The van der Waals surface area contributed by atoms with E-state index in [2.05, 4.69) is 31.8 Å². The number of anilines is 1. The van der Waals surface area contributed by atoms with Crippen molar-refractivity contribution in [1.29, 1.82) is 0 Å². The molecule has 3 aromatic carbocycles. The van der Waals surface area contributed by atoms with Gasteiger partial charge in [0.2, 0.25) is 0 Å². The Balaban J connectivity index is 1.52. The molecular formula is C25H19BrClN5O2. The fourth-order valence-corrected chi connectivity index (χ4v) is 3.54. The molecule has 0 saturated carbocycles. The first-order valence-corrected chi connectivity index (χ1v) is 11.4. The van der Waals surface area contributed by atoms with Crippen molar-refractivity contribution >= 4 is 51.2 Å². The number of para-hydroxylation sites is 1. The van der Waals surface area contributed by atoms with Crippen LogP contribution in [-0.2, 0) is 9.59 Å². The van der Waals surface area contributed by atoms with E-state index in [0.29, 0.717) is 22.0 Å². The Bertz CT molecular complexity index is 1370. The molecule has 0 aliphatic rings. The second-order valence-corrected chi connectivity index (χ2v) is 8.66.